The second kappa shape index (κ2) is 8.51. The molecular formula is C19H13NO8S2. The summed E-state index contributed by atoms with van der Waals surface area (Å²) in [4.78, 5) is 46.9. The molecule has 0 saturated carbocycles. The van der Waals surface area contributed by atoms with Crippen LogP contribution < -0.4 is 0 Å². The van der Waals surface area contributed by atoms with Gasteiger partial charge in [-0.05, 0) is 24.3 Å². The van der Waals surface area contributed by atoms with Gasteiger partial charge in [-0.25, -0.2) is 9.59 Å². The van der Waals surface area contributed by atoms with E-state index in [-0.39, 0.29) is 20.5 Å². The number of benzene rings is 1. The first-order chi connectivity index (χ1) is 14.2. The van der Waals surface area contributed by atoms with E-state index in [2.05, 4.69) is 0 Å². The van der Waals surface area contributed by atoms with Crippen LogP contribution in [0.25, 0.3) is 17.4 Å². The Morgan fingerprint density at radius 3 is 2.53 bits per heavy atom. The number of hydrogen-bond donors (Lipinski definition) is 3. The number of thiocarbonyl (C=S) groups is 1. The van der Waals surface area contributed by atoms with E-state index in [1.165, 1.54) is 18.2 Å². The first-order valence-electron chi connectivity index (χ1n) is 8.32. The maximum Gasteiger partial charge on any atom is 0.335 e. The van der Waals surface area contributed by atoms with Gasteiger partial charge in [-0.15, -0.1) is 0 Å². The largest absolute Gasteiger partial charge is 0.481 e. The smallest absolute Gasteiger partial charge is 0.335 e. The second-order valence-corrected chi connectivity index (χ2v) is 7.77. The lowest BCUT2D eigenvalue weighted by atomic mass is 10.1. The molecule has 9 nitrogen and oxygen atoms in total. The lowest BCUT2D eigenvalue weighted by Gasteiger charge is -2.21. The predicted octanol–water partition coefficient (Wildman–Crippen LogP) is 2.77. The average Bonchev–Trinajstić information content (AvgIpc) is 3.25. The van der Waals surface area contributed by atoms with Gasteiger partial charge in [-0.3, -0.25) is 14.5 Å². The standard InChI is InChI=1S/C19H13NO8S2/c21-15(22)8-12(18(26)27)20-16(23)14(30-19(20)29)7-11-4-5-13(28-11)9-2-1-3-10(6-9)17(24)25/h1-7,12H,8H2,(H,21,22)(H,24,25)(H,26,27)/b14-7-/t12-/m1/s1. The monoisotopic (exact) mass is 447 g/mol. The average molecular weight is 447 g/mol. The van der Waals surface area contributed by atoms with Crippen molar-refractivity contribution in [2.24, 2.45) is 0 Å². The molecule has 30 heavy (non-hydrogen) atoms. The number of aromatic carboxylic acids is 1. The molecule has 1 fully saturated rings. The van der Waals surface area contributed by atoms with Crippen LogP contribution in [0, 0.1) is 0 Å². The van der Waals surface area contributed by atoms with Crippen molar-refractivity contribution in [1.29, 1.82) is 0 Å². The minimum atomic E-state index is -1.62. The zero-order valence-electron chi connectivity index (χ0n) is 15.0. The van der Waals surface area contributed by atoms with Crippen LogP contribution in [-0.4, -0.2) is 54.4 Å². The van der Waals surface area contributed by atoms with Crippen LogP contribution in [0.4, 0.5) is 0 Å². The summed E-state index contributed by atoms with van der Waals surface area (Å²) in [6.07, 6.45) is 0.573. The molecule has 3 N–H and O–H groups in total. The van der Waals surface area contributed by atoms with Crippen molar-refractivity contribution in [1.82, 2.24) is 4.90 Å². The lowest BCUT2D eigenvalue weighted by molar-refractivity contribution is -0.150. The summed E-state index contributed by atoms with van der Waals surface area (Å²) < 4.78 is 5.58. The molecule has 0 aliphatic carbocycles. The van der Waals surface area contributed by atoms with Gasteiger partial charge in [-0.1, -0.05) is 36.1 Å². The van der Waals surface area contributed by atoms with Crippen molar-refractivity contribution >= 4 is 58.2 Å². The van der Waals surface area contributed by atoms with Crippen molar-refractivity contribution in [3.63, 3.8) is 0 Å². The second-order valence-electron chi connectivity index (χ2n) is 6.09. The molecule has 0 radical (unpaired) electrons. The van der Waals surface area contributed by atoms with E-state index < -0.39 is 36.3 Å². The minimum absolute atomic E-state index is 0.0687. The molecular weight excluding hydrogens is 434 g/mol. The molecule has 154 valence electrons. The third-order valence-electron chi connectivity index (χ3n) is 4.08. The van der Waals surface area contributed by atoms with Crippen molar-refractivity contribution in [3.05, 3.63) is 52.6 Å². The van der Waals surface area contributed by atoms with Gasteiger partial charge < -0.3 is 19.7 Å². The zero-order chi connectivity index (χ0) is 22.0. The van der Waals surface area contributed by atoms with E-state index in [1.807, 2.05) is 0 Å². The van der Waals surface area contributed by atoms with Crippen molar-refractivity contribution in [2.45, 2.75) is 12.5 Å². The Bertz CT molecular complexity index is 1100. The number of carboxylic acid groups (broad SMARTS) is 3. The van der Waals surface area contributed by atoms with Crippen molar-refractivity contribution < 1.29 is 38.9 Å². The van der Waals surface area contributed by atoms with Crippen LogP contribution >= 0.6 is 24.0 Å². The van der Waals surface area contributed by atoms with Gasteiger partial charge in [-0.2, -0.15) is 0 Å². The van der Waals surface area contributed by atoms with E-state index in [1.54, 1.807) is 24.3 Å². The molecule has 1 aliphatic heterocycles. The number of nitrogens with zero attached hydrogens (tertiary/aromatic N) is 1. The maximum absolute atomic E-state index is 12.6. The van der Waals surface area contributed by atoms with Crippen molar-refractivity contribution in [3.8, 4) is 11.3 Å². The Hall–Kier alpha value is -3.44. The summed E-state index contributed by atoms with van der Waals surface area (Å²) in [6.45, 7) is 0. The Kier molecular flexibility index (Phi) is 6.04. The molecule has 1 aromatic heterocycles. The minimum Gasteiger partial charge on any atom is -0.481 e. The third kappa shape index (κ3) is 4.42. The fraction of sp³-hybridized carbons (Fsp3) is 0.105. The van der Waals surface area contributed by atoms with Gasteiger partial charge in [0.05, 0.1) is 16.9 Å². The van der Waals surface area contributed by atoms with Crippen LogP contribution in [0.5, 0.6) is 0 Å². The summed E-state index contributed by atoms with van der Waals surface area (Å²) in [6, 6.07) is 7.65. The number of thioether (sulfide) groups is 1. The number of carbonyl (C=O) groups excluding carboxylic acids is 1. The highest BCUT2D eigenvalue weighted by Crippen LogP contribution is 2.35. The van der Waals surface area contributed by atoms with Crippen LogP contribution in [0.1, 0.15) is 22.5 Å². The van der Waals surface area contributed by atoms with Crippen LogP contribution in [-0.2, 0) is 14.4 Å². The molecule has 0 unspecified atom stereocenters. The third-order valence-corrected chi connectivity index (χ3v) is 5.41. The molecule has 1 aromatic carbocycles. The number of carbonyl (C=O) groups is 4. The highest BCUT2D eigenvalue weighted by atomic mass is 32.2. The van der Waals surface area contributed by atoms with Gasteiger partial charge in [0.2, 0.25) is 0 Å². The van der Waals surface area contributed by atoms with Crippen LogP contribution in [0.3, 0.4) is 0 Å². The molecule has 1 aliphatic rings. The number of amides is 1. The van der Waals surface area contributed by atoms with Gasteiger partial charge in [0.25, 0.3) is 5.91 Å². The molecule has 2 heterocycles. The summed E-state index contributed by atoms with van der Waals surface area (Å²) in [7, 11) is 0. The van der Waals surface area contributed by atoms with E-state index in [0.29, 0.717) is 11.3 Å². The fourth-order valence-electron chi connectivity index (χ4n) is 2.72. The zero-order valence-corrected chi connectivity index (χ0v) is 16.6. The highest BCUT2D eigenvalue weighted by molar-refractivity contribution is 8.26. The number of furan rings is 1. The number of carboxylic acids is 3. The summed E-state index contributed by atoms with van der Waals surface area (Å²) >= 11 is 5.90. The molecule has 1 atom stereocenters. The van der Waals surface area contributed by atoms with E-state index in [9.17, 15) is 24.3 Å². The maximum atomic E-state index is 12.6. The SMILES string of the molecule is O=C(O)C[C@H](C(=O)O)N1C(=O)/C(=C/c2ccc(-c3cccc(C(=O)O)c3)o2)SC1=S. The fourth-order valence-corrected chi connectivity index (χ4v) is 4.06. The molecule has 0 bridgehead atoms. The Labute approximate surface area is 178 Å². The normalized spacial score (nSPS) is 16.1. The van der Waals surface area contributed by atoms with Gasteiger partial charge in [0.15, 0.2) is 0 Å². The van der Waals surface area contributed by atoms with E-state index >= 15 is 0 Å². The van der Waals surface area contributed by atoms with Gasteiger partial charge in [0.1, 0.15) is 21.9 Å². The first-order valence-corrected chi connectivity index (χ1v) is 9.55. The van der Waals surface area contributed by atoms with Gasteiger partial charge >= 0.3 is 17.9 Å². The van der Waals surface area contributed by atoms with Crippen LogP contribution in [0.15, 0.2) is 45.7 Å². The molecule has 0 spiro atoms. The molecule has 1 amide bonds. The Balaban J connectivity index is 1.86. The topological polar surface area (TPSA) is 145 Å². The Morgan fingerprint density at radius 1 is 1.17 bits per heavy atom. The predicted molar refractivity (Wildman–Crippen MR) is 110 cm³/mol. The molecule has 1 saturated heterocycles. The van der Waals surface area contributed by atoms with E-state index in [0.717, 1.165) is 16.7 Å². The summed E-state index contributed by atoms with van der Waals surface area (Å²) in [5, 5.41) is 27.3. The highest BCUT2D eigenvalue weighted by Gasteiger charge is 2.41. The Morgan fingerprint density at radius 2 is 1.90 bits per heavy atom. The molecule has 11 heteroatoms. The number of rotatable bonds is 7. The number of hydrogen-bond acceptors (Lipinski definition) is 7. The summed E-state index contributed by atoms with van der Waals surface area (Å²) in [5.41, 5.74) is 0.610. The van der Waals surface area contributed by atoms with E-state index in [4.69, 9.17) is 26.8 Å². The quantitative estimate of drug-likeness (QED) is 0.428. The first kappa shape index (κ1) is 21.3. The molecule has 2 aromatic rings. The van der Waals surface area contributed by atoms with Gasteiger partial charge in [0, 0.05) is 11.6 Å². The van der Waals surface area contributed by atoms with Crippen LogP contribution in [0.2, 0.25) is 0 Å². The number of aliphatic carboxylic acids is 2. The van der Waals surface area contributed by atoms with Crippen molar-refractivity contribution in [2.75, 3.05) is 0 Å². The summed E-state index contributed by atoms with van der Waals surface area (Å²) in [5.74, 6) is -4.04. The molecule has 3 rings (SSSR count). The lowest BCUT2D eigenvalue weighted by Crippen LogP contribution is -2.45.